The van der Waals surface area contributed by atoms with Gasteiger partial charge in [0.1, 0.15) is 0 Å². The number of nitrogens with zero attached hydrogens (tertiary/aromatic N) is 1. The molecule has 1 heteroatoms. The van der Waals surface area contributed by atoms with Crippen molar-refractivity contribution in [2.45, 2.75) is 19.8 Å². The largest absolute Gasteiger partial charge is 0.345 e. The van der Waals surface area contributed by atoms with Gasteiger partial charge in [0.15, 0.2) is 0 Å². The molecular formula is C14H19N. The van der Waals surface area contributed by atoms with Crippen molar-refractivity contribution in [3.8, 4) is 0 Å². The van der Waals surface area contributed by atoms with Crippen LogP contribution in [0.2, 0.25) is 0 Å². The van der Waals surface area contributed by atoms with Crippen molar-refractivity contribution >= 4 is 5.69 Å². The lowest BCUT2D eigenvalue weighted by molar-refractivity contribution is 0.942. The molecule has 0 aliphatic carbocycles. The average molecular weight is 201 g/mol. The summed E-state index contributed by atoms with van der Waals surface area (Å²) >= 11 is 0. The Morgan fingerprint density at radius 2 is 2.00 bits per heavy atom. The van der Waals surface area contributed by atoms with Crippen LogP contribution in [0.3, 0.4) is 0 Å². The van der Waals surface area contributed by atoms with Gasteiger partial charge in [-0.1, -0.05) is 44.2 Å². The predicted octanol–water partition coefficient (Wildman–Crippen LogP) is 3.99. The van der Waals surface area contributed by atoms with E-state index in [2.05, 4.69) is 43.7 Å². The Morgan fingerprint density at radius 3 is 2.53 bits per heavy atom. The van der Waals surface area contributed by atoms with Crippen LogP contribution in [0, 0.1) is 0 Å². The molecule has 0 aromatic heterocycles. The van der Waals surface area contributed by atoms with Crippen molar-refractivity contribution < 1.29 is 0 Å². The van der Waals surface area contributed by atoms with Gasteiger partial charge in [-0.15, -0.1) is 0 Å². The smallest absolute Gasteiger partial charge is 0.0407 e. The summed E-state index contributed by atoms with van der Waals surface area (Å²) in [6, 6.07) is 10.3. The molecule has 1 aromatic rings. The van der Waals surface area contributed by atoms with Crippen LogP contribution in [0.4, 0.5) is 5.69 Å². The second-order valence-corrected chi connectivity index (χ2v) is 3.52. The normalized spacial score (nSPS) is 11.2. The standard InChI is InChI=1S/C14H19N/c1-4-6-10-13(5-2)15(3)14-11-8-7-9-12-14/h5,7-12H,2,4,6H2,1,3H3/b13-10+. The average Bonchev–Trinajstić information content (AvgIpc) is 2.31. The maximum absolute atomic E-state index is 3.85. The maximum Gasteiger partial charge on any atom is 0.0407 e. The minimum Gasteiger partial charge on any atom is -0.345 e. The quantitative estimate of drug-likeness (QED) is 0.651. The van der Waals surface area contributed by atoms with Gasteiger partial charge in [0.25, 0.3) is 0 Å². The zero-order chi connectivity index (χ0) is 11.1. The summed E-state index contributed by atoms with van der Waals surface area (Å²) in [5.41, 5.74) is 2.36. The number of unbranched alkanes of at least 4 members (excludes halogenated alkanes) is 1. The number of para-hydroxylation sites is 1. The summed E-state index contributed by atoms with van der Waals surface area (Å²) in [7, 11) is 2.07. The topological polar surface area (TPSA) is 3.24 Å². The lowest BCUT2D eigenvalue weighted by Crippen LogP contribution is -2.14. The van der Waals surface area contributed by atoms with E-state index in [4.69, 9.17) is 0 Å². The zero-order valence-corrected chi connectivity index (χ0v) is 9.61. The highest BCUT2D eigenvalue weighted by Gasteiger charge is 2.01. The fourth-order valence-electron chi connectivity index (χ4n) is 1.45. The third-order valence-corrected chi connectivity index (χ3v) is 2.38. The monoisotopic (exact) mass is 201 g/mol. The molecule has 1 rings (SSSR count). The van der Waals surface area contributed by atoms with Gasteiger partial charge in [-0.25, -0.2) is 0 Å². The Labute approximate surface area is 92.7 Å². The molecule has 0 saturated heterocycles. The van der Waals surface area contributed by atoms with Gasteiger partial charge in [-0.3, -0.25) is 0 Å². The van der Waals surface area contributed by atoms with E-state index in [1.54, 1.807) is 0 Å². The fraction of sp³-hybridized carbons (Fsp3) is 0.286. The molecule has 0 aliphatic heterocycles. The molecule has 1 aromatic carbocycles. The number of allylic oxidation sites excluding steroid dienone is 2. The van der Waals surface area contributed by atoms with Gasteiger partial charge in [0.05, 0.1) is 0 Å². The molecule has 0 heterocycles. The van der Waals surface area contributed by atoms with Crippen LogP contribution in [0.15, 0.2) is 54.8 Å². The molecule has 1 nitrogen and oxygen atoms in total. The SMILES string of the molecule is C=C/C(=C\CCC)N(C)c1ccccc1. The lowest BCUT2D eigenvalue weighted by atomic mass is 10.2. The first-order valence-electron chi connectivity index (χ1n) is 5.41. The molecule has 0 unspecified atom stereocenters. The number of rotatable bonds is 5. The second kappa shape index (κ2) is 6.07. The highest BCUT2D eigenvalue weighted by atomic mass is 15.1. The molecular weight excluding hydrogens is 182 g/mol. The zero-order valence-electron chi connectivity index (χ0n) is 9.61. The Hall–Kier alpha value is -1.50. The van der Waals surface area contributed by atoms with E-state index in [1.165, 1.54) is 17.8 Å². The van der Waals surface area contributed by atoms with E-state index in [9.17, 15) is 0 Å². The van der Waals surface area contributed by atoms with Gasteiger partial charge in [-0.05, 0) is 24.6 Å². The third kappa shape index (κ3) is 3.28. The van der Waals surface area contributed by atoms with Gasteiger partial charge < -0.3 is 4.90 Å². The lowest BCUT2D eigenvalue weighted by Gasteiger charge is -2.20. The van der Waals surface area contributed by atoms with Crippen molar-refractivity contribution in [1.82, 2.24) is 0 Å². The highest BCUT2D eigenvalue weighted by molar-refractivity contribution is 5.53. The van der Waals surface area contributed by atoms with Crippen molar-refractivity contribution in [3.63, 3.8) is 0 Å². The fourth-order valence-corrected chi connectivity index (χ4v) is 1.45. The minimum atomic E-state index is 1.10. The van der Waals surface area contributed by atoms with Crippen LogP contribution >= 0.6 is 0 Å². The Bertz CT molecular complexity index is 324. The van der Waals surface area contributed by atoms with E-state index in [-0.39, 0.29) is 0 Å². The first-order chi connectivity index (χ1) is 7.29. The molecule has 0 saturated carbocycles. The van der Waals surface area contributed by atoms with Gasteiger partial charge in [0, 0.05) is 18.4 Å². The number of anilines is 1. The Balaban J connectivity index is 2.82. The van der Waals surface area contributed by atoms with Crippen LogP contribution in [0.5, 0.6) is 0 Å². The molecule has 0 radical (unpaired) electrons. The van der Waals surface area contributed by atoms with E-state index in [1.807, 2.05) is 24.3 Å². The van der Waals surface area contributed by atoms with Crippen molar-refractivity contribution in [2.75, 3.05) is 11.9 Å². The van der Waals surface area contributed by atoms with E-state index >= 15 is 0 Å². The number of hydrogen-bond acceptors (Lipinski definition) is 1. The summed E-state index contributed by atoms with van der Waals surface area (Å²) in [6.07, 6.45) is 6.39. The van der Waals surface area contributed by atoms with Crippen molar-refractivity contribution in [2.24, 2.45) is 0 Å². The minimum absolute atomic E-state index is 1.10. The number of likely N-dealkylation sites (N-methyl/N-ethyl adjacent to an activating group) is 1. The first-order valence-corrected chi connectivity index (χ1v) is 5.41. The molecule has 0 amide bonds. The van der Waals surface area contributed by atoms with E-state index in [0.717, 1.165) is 6.42 Å². The molecule has 15 heavy (non-hydrogen) atoms. The van der Waals surface area contributed by atoms with Crippen molar-refractivity contribution in [3.05, 3.63) is 54.8 Å². The van der Waals surface area contributed by atoms with Crippen LogP contribution in [-0.4, -0.2) is 7.05 Å². The van der Waals surface area contributed by atoms with E-state index in [0.29, 0.717) is 0 Å². The Morgan fingerprint density at radius 1 is 1.33 bits per heavy atom. The summed E-state index contributed by atoms with van der Waals surface area (Å²) in [5, 5.41) is 0. The molecule has 0 spiro atoms. The Kier molecular flexibility index (Phi) is 4.69. The summed E-state index contributed by atoms with van der Waals surface area (Å²) in [6.45, 7) is 6.03. The highest BCUT2D eigenvalue weighted by Crippen LogP contribution is 2.17. The predicted molar refractivity (Wildman–Crippen MR) is 68.0 cm³/mol. The first kappa shape index (κ1) is 11.6. The van der Waals surface area contributed by atoms with Crippen LogP contribution < -0.4 is 4.90 Å². The maximum atomic E-state index is 3.85. The molecule has 0 aliphatic rings. The van der Waals surface area contributed by atoms with Crippen molar-refractivity contribution in [1.29, 1.82) is 0 Å². The molecule has 0 atom stereocenters. The third-order valence-electron chi connectivity index (χ3n) is 2.38. The number of benzene rings is 1. The summed E-state index contributed by atoms with van der Waals surface area (Å²) < 4.78 is 0. The summed E-state index contributed by atoms with van der Waals surface area (Å²) in [5.74, 6) is 0. The second-order valence-electron chi connectivity index (χ2n) is 3.52. The van der Waals surface area contributed by atoms with Crippen LogP contribution in [0.25, 0.3) is 0 Å². The van der Waals surface area contributed by atoms with Crippen LogP contribution in [0.1, 0.15) is 19.8 Å². The molecule has 0 N–H and O–H groups in total. The van der Waals surface area contributed by atoms with Gasteiger partial charge >= 0.3 is 0 Å². The molecule has 80 valence electrons. The molecule has 0 fully saturated rings. The van der Waals surface area contributed by atoms with E-state index < -0.39 is 0 Å². The molecule has 0 bridgehead atoms. The van der Waals surface area contributed by atoms with Crippen LogP contribution in [-0.2, 0) is 0 Å². The summed E-state index contributed by atoms with van der Waals surface area (Å²) in [4.78, 5) is 2.16. The van der Waals surface area contributed by atoms with Gasteiger partial charge in [0.2, 0.25) is 0 Å². The van der Waals surface area contributed by atoms with Gasteiger partial charge in [-0.2, -0.15) is 0 Å². The number of hydrogen-bond donors (Lipinski definition) is 0.